The molecule has 3 atom stereocenters. The summed E-state index contributed by atoms with van der Waals surface area (Å²) in [6, 6.07) is 0. The summed E-state index contributed by atoms with van der Waals surface area (Å²) < 4.78 is 0. The van der Waals surface area contributed by atoms with Crippen molar-refractivity contribution in [2.75, 3.05) is 0 Å². The van der Waals surface area contributed by atoms with Crippen LogP contribution in [-0.4, -0.2) is 0 Å². The van der Waals surface area contributed by atoms with Crippen LogP contribution in [0.2, 0.25) is 0 Å². The Balaban J connectivity index is 3.58. The van der Waals surface area contributed by atoms with Gasteiger partial charge in [0.1, 0.15) is 0 Å². The van der Waals surface area contributed by atoms with E-state index in [0.29, 0.717) is 0 Å². The summed E-state index contributed by atoms with van der Waals surface area (Å²) in [6.07, 6.45) is 15.8. The van der Waals surface area contributed by atoms with Crippen molar-refractivity contribution in [3.63, 3.8) is 0 Å². The second kappa shape index (κ2) is 13.6. The second-order valence-electron chi connectivity index (χ2n) is 8.18. The van der Waals surface area contributed by atoms with Crippen LogP contribution in [0, 0.1) is 23.7 Å². The fourth-order valence-electron chi connectivity index (χ4n) is 3.31. The molecule has 0 bridgehead atoms. The fraction of sp³-hybridized carbons (Fsp3) is 1.00. The standard InChI is InChI=1S/C21H44/c1-7-8-9-10-11-12-13-14-20(5)21(6)17-19(4)16-15-18(2)3/h18-21H,7-17H2,1-6H3. The Kier molecular flexibility index (Phi) is 13.6. The molecule has 0 aliphatic rings. The van der Waals surface area contributed by atoms with Crippen molar-refractivity contribution in [1.29, 1.82) is 0 Å². The highest BCUT2D eigenvalue weighted by molar-refractivity contribution is 4.67. The number of hydrogen-bond donors (Lipinski definition) is 0. The average Bonchev–Trinajstić information content (AvgIpc) is 2.43. The van der Waals surface area contributed by atoms with Crippen LogP contribution in [0.1, 0.15) is 112 Å². The maximum atomic E-state index is 2.48. The molecule has 0 rings (SSSR count). The third-order valence-corrected chi connectivity index (χ3v) is 5.25. The fourth-order valence-corrected chi connectivity index (χ4v) is 3.31. The Labute approximate surface area is 136 Å². The molecule has 0 heterocycles. The third-order valence-electron chi connectivity index (χ3n) is 5.25. The topological polar surface area (TPSA) is 0 Å². The van der Waals surface area contributed by atoms with Crippen molar-refractivity contribution in [2.24, 2.45) is 23.7 Å². The highest BCUT2D eigenvalue weighted by atomic mass is 14.2. The quantitative estimate of drug-likeness (QED) is 0.286. The summed E-state index contributed by atoms with van der Waals surface area (Å²) >= 11 is 0. The molecule has 0 saturated carbocycles. The zero-order valence-electron chi connectivity index (χ0n) is 16.1. The van der Waals surface area contributed by atoms with Gasteiger partial charge in [0.25, 0.3) is 0 Å². The van der Waals surface area contributed by atoms with E-state index in [2.05, 4.69) is 41.5 Å². The number of rotatable bonds is 14. The predicted molar refractivity (Wildman–Crippen MR) is 98.8 cm³/mol. The van der Waals surface area contributed by atoms with E-state index in [1.54, 1.807) is 0 Å². The van der Waals surface area contributed by atoms with E-state index in [1.807, 2.05) is 0 Å². The van der Waals surface area contributed by atoms with Crippen molar-refractivity contribution in [3.8, 4) is 0 Å². The molecule has 0 radical (unpaired) electrons. The van der Waals surface area contributed by atoms with Gasteiger partial charge in [0.15, 0.2) is 0 Å². The molecule has 0 aliphatic heterocycles. The maximum absolute atomic E-state index is 2.48. The monoisotopic (exact) mass is 296 g/mol. The molecule has 0 aromatic rings. The molecule has 21 heavy (non-hydrogen) atoms. The molecule has 0 heteroatoms. The summed E-state index contributed by atoms with van der Waals surface area (Å²) in [7, 11) is 0. The van der Waals surface area contributed by atoms with E-state index >= 15 is 0 Å². The SMILES string of the molecule is CCCCCCCCCC(C)C(C)CC(C)CCC(C)C. The van der Waals surface area contributed by atoms with Crippen LogP contribution in [0.15, 0.2) is 0 Å². The molecule has 0 amide bonds. The minimum absolute atomic E-state index is 0.868. The largest absolute Gasteiger partial charge is 0.0654 e. The molecule has 0 saturated heterocycles. The molecule has 3 unspecified atom stereocenters. The Morgan fingerprint density at radius 1 is 0.571 bits per heavy atom. The first-order valence-electron chi connectivity index (χ1n) is 9.97. The molecule has 0 nitrogen and oxygen atoms in total. The lowest BCUT2D eigenvalue weighted by Crippen LogP contribution is -2.12. The van der Waals surface area contributed by atoms with Crippen molar-refractivity contribution in [3.05, 3.63) is 0 Å². The maximum Gasteiger partial charge on any atom is -0.0414 e. The Morgan fingerprint density at radius 2 is 1.14 bits per heavy atom. The van der Waals surface area contributed by atoms with Crippen LogP contribution in [0.4, 0.5) is 0 Å². The van der Waals surface area contributed by atoms with Crippen LogP contribution in [0.25, 0.3) is 0 Å². The van der Waals surface area contributed by atoms with Crippen molar-refractivity contribution >= 4 is 0 Å². The summed E-state index contributed by atoms with van der Waals surface area (Å²) in [5.74, 6) is 3.61. The van der Waals surface area contributed by atoms with Gasteiger partial charge >= 0.3 is 0 Å². The molecule has 0 N–H and O–H groups in total. The first-order chi connectivity index (χ1) is 9.97. The minimum atomic E-state index is 0.868. The normalized spacial score (nSPS) is 16.1. The van der Waals surface area contributed by atoms with E-state index in [4.69, 9.17) is 0 Å². The van der Waals surface area contributed by atoms with Gasteiger partial charge in [-0.3, -0.25) is 0 Å². The van der Waals surface area contributed by atoms with Crippen LogP contribution < -0.4 is 0 Å². The van der Waals surface area contributed by atoms with Crippen molar-refractivity contribution < 1.29 is 0 Å². The van der Waals surface area contributed by atoms with Crippen LogP contribution in [0.5, 0.6) is 0 Å². The van der Waals surface area contributed by atoms with Gasteiger partial charge in [0, 0.05) is 0 Å². The van der Waals surface area contributed by atoms with Gasteiger partial charge < -0.3 is 0 Å². The molecule has 0 aliphatic carbocycles. The van der Waals surface area contributed by atoms with E-state index in [1.165, 1.54) is 70.6 Å². The van der Waals surface area contributed by atoms with Crippen LogP contribution in [-0.2, 0) is 0 Å². The Hall–Kier alpha value is 0. The van der Waals surface area contributed by atoms with Gasteiger partial charge in [-0.05, 0) is 30.1 Å². The summed E-state index contributed by atoms with van der Waals surface area (Å²) in [5, 5.41) is 0. The summed E-state index contributed by atoms with van der Waals surface area (Å²) in [6.45, 7) is 14.4. The molecule has 128 valence electrons. The minimum Gasteiger partial charge on any atom is -0.0654 e. The van der Waals surface area contributed by atoms with Crippen LogP contribution in [0.3, 0.4) is 0 Å². The summed E-state index contributed by atoms with van der Waals surface area (Å²) in [5.41, 5.74) is 0. The lowest BCUT2D eigenvalue weighted by molar-refractivity contribution is 0.278. The highest BCUT2D eigenvalue weighted by Gasteiger charge is 2.15. The van der Waals surface area contributed by atoms with Gasteiger partial charge in [-0.15, -0.1) is 0 Å². The van der Waals surface area contributed by atoms with Gasteiger partial charge in [0.2, 0.25) is 0 Å². The van der Waals surface area contributed by atoms with Crippen LogP contribution >= 0.6 is 0 Å². The Morgan fingerprint density at radius 3 is 1.71 bits per heavy atom. The zero-order chi connectivity index (χ0) is 16.1. The predicted octanol–water partition coefficient (Wildman–Crippen LogP) is 7.86. The first kappa shape index (κ1) is 21.0. The van der Waals surface area contributed by atoms with E-state index < -0.39 is 0 Å². The molecule has 0 aromatic carbocycles. The summed E-state index contributed by atoms with van der Waals surface area (Å²) in [4.78, 5) is 0. The first-order valence-corrected chi connectivity index (χ1v) is 9.97. The van der Waals surface area contributed by atoms with Gasteiger partial charge in [0.05, 0.1) is 0 Å². The molecule has 0 aromatic heterocycles. The third kappa shape index (κ3) is 13.4. The Bertz CT molecular complexity index is 206. The molecule has 0 fully saturated rings. The number of hydrogen-bond acceptors (Lipinski definition) is 0. The van der Waals surface area contributed by atoms with Crippen molar-refractivity contribution in [1.82, 2.24) is 0 Å². The lowest BCUT2D eigenvalue weighted by atomic mass is 9.82. The molecule has 0 spiro atoms. The highest BCUT2D eigenvalue weighted by Crippen LogP contribution is 2.27. The number of unbranched alkanes of at least 4 members (excludes halogenated alkanes) is 6. The molecular weight excluding hydrogens is 252 g/mol. The van der Waals surface area contributed by atoms with E-state index in [-0.39, 0.29) is 0 Å². The van der Waals surface area contributed by atoms with Gasteiger partial charge in [-0.25, -0.2) is 0 Å². The zero-order valence-corrected chi connectivity index (χ0v) is 16.1. The van der Waals surface area contributed by atoms with Crippen molar-refractivity contribution in [2.45, 2.75) is 112 Å². The van der Waals surface area contributed by atoms with E-state index in [0.717, 1.165) is 23.7 Å². The lowest BCUT2D eigenvalue weighted by Gasteiger charge is -2.23. The van der Waals surface area contributed by atoms with Gasteiger partial charge in [-0.2, -0.15) is 0 Å². The van der Waals surface area contributed by atoms with E-state index in [9.17, 15) is 0 Å². The average molecular weight is 297 g/mol. The molecular formula is C21H44. The second-order valence-corrected chi connectivity index (χ2v) is 8.18. The smallest absolute Gasteiger partial charge is 0.0414 e. The van der Waals surface area contributed by atoms with Gasteiger partial charge in [-0.1, -0.05) is 106 Å².